The van der Waals surface area contributed by atoms with Gasteiger partial charge in [0.15, 0.2) is 0 Å². The summed E-state index contributed by atoms with van der Waals surface area (Å²) in [5, 5.41) is 0. The summed E-state index contributed by atoms with van der Waals surface area (Å²) >= 11 is 0. The average Bonchev–Trinajstić information content (AvgIpc) is 1.99. The molecule has 2 atom stereocenters. The van der Waals surface area contributed by atoms with Gasteiger partial charge in [-0.15, -0.1) is 0 Å². The maximum Gasteiger partial charge on any atom is 0.0368 e. The minimum atomic E-state index is 0.536. The Morgan fingerprint density at radius 2 is 1.82 bits per heavy atom. The molecule has 11 heavy (non-hydrogen) atoms. The zero-order valence-corrected chi connectivity index (χ0v) is 7.75. The van der Waals surface area contributed by atoms with E-state index in [9.17, 15) is 0 Å². The highest BCUT2D eigenvalue weighted by Gasteiger charge is 2.27. The van der Waals surface area contributed by atoms with Crippen LogP contribution in [0.5, 0.6) is 0 Å². The molecule has 2 N–H and O–H groups in total. The van der Waals surface area contributed by atoms with E-state index in [1.54, 1.807) is 0 Å². The highest BCUT2D eigenvalue weighted by atomic mass is 15.3. The normalized spacial score (nSPS) is 36.0. The Kier molecular flexibility index (Phi) is 2.87. The van der Waals surface area contributed by atoms with Crippen LogP contribution in [0.2, 0.25) is 0 Å². The number of rotatable bonds is 1. The van der Waals surface area contributed by atoms with Crippen molar-refractivity contribution in [1.29, 1.82) is 0 Å². The van der Waals surface area contributed by atoms with Gasteiger partial charge in [-0.05, 0) is 21.0 Å². The topological polar surface area (TPSA) is 32.5 Å². The summed E-state index contributed by atoms with van der Waals surface area (Å²) in [5.41, 5.74) is 5.68. The Balaban J connectivity index is 2.55. The Bertz CT molecular complexity index is 127. The molecule has 0 amide bonds. The van der Waals surface area contributed by atoms with E-state index in [1.165, 1.54) is 0 Å². The second kappa shape index (κ2) is 3.52. The van der Waals surface area contributed by atoms with E-state index in [0.29, 0.717) is 12.1 Å². The third-order valence-electron chi connectivity index (χ3n) is 2.87. The molecule has 0 radical (unpaired) electrons. The van der Waals surface area contributed by atoms with Crippen molar-refractivity contribution in [2.24, 2.45) is 5.73 Å². The number of likely N-dealkylation sites (N-methyl/N-ethyl adjacent to an activating group) is 2. The summed E-state index contributed by atoms with van der Waals surface area (Å²) in [7, 11) is 4.32. The molecule has 0 unspecified atom stereocenters. The van der Waals surface area contributed by atoms with Gasteiger partial charge in [-0.2, -0.15) is 0 Å². The molecule has 1 heterocycles. The van der Waals surface area contributed by atoms with Crippen LogP contribution in [0.3, 0.4) is 0 Å². The lowest BCUT2D eigenvalue weighted by Gasteiger charge is -2.42. The molecule has 0 aliphatic carbocycles. The molecule has 0 bridgehead atoms. The first-order valence-electron chi connectivity index (χ1n) is 4.27. The van der Waals surface area contributed by atoms with Crippen LogP contribution in [-0.2, 0) is 0 Å². The van der Waals surface area contributed by atoms with E-state index in [4.69, 9.17) is 5.73 Å². The lowest BCUT2D eigenvalue weighted by molar-refractivity contribution is 0.0667. The standard InChI is InChI=1S/C8H19N3/c1-7-8(6-9)11(3)5-4-10(7)2/h7-8H,4-6,9H2,1-3H3/t7-,8+/m0/s1. The van der Waals surface area contributed by atoms with Crippen molar-refractivity contribution in [2.45, 2.75) is 19.0 Å². The predicted octanol–water partition coefficient (Wildman–Crippen LogP) is -0.421. The van der Waals surface area contributed by atoms with Gasteiger partial charge in [0, 0.05) is 31.7 Å². The van der Waals surface area contributed by atoms with Crippen molar-refractivity contribution in [3.8, 4) is 0 Å². The van der Waals surface area contributed by atoms with Crippen molar-refractivity contribution in [2.75, 3.05) is 33.7 Å². The van der Waals surface area contributed by atoms with Gasteiger partial charge in [0.05, 0.1) is 0 Å². The Morgan fingerprint density at radius 3 is 2.27 bits per heavy atom. The number of piperazine rings is 1. The van der Waals surface area contributed by atoms with E-state index in [0.717, 1.165) is 19.6 Å². The number of nitrogens with two attached hydrogens (primary N) is 1. The van der Waals surface area contributed by atoms with E-state index in [-0.39, 0.29) is 0 Å². The Labute approximate surface area is 69.1 Å². The maximum atomic E-state index is 5.68. The summed E-state index contributed by atoms with van der Waals surface area (Å²) in [6.45, 7) is 5.31. The van der Waals surface area contributed by atoms with Crippen LogP contribution >= 0.6 is 0 Å². The van der Waals surface area contributed by atoms with Gasteiger partial charge in [-0.1, -0.05) is 0 Å². The quantitative estimate of drug-likeness (QED) is 0.561. The summed E-state index contributed by atoms with van der Waals surface area (Å²) < 4.78 is 0. The SMILES string of the molecule is C[C@H]1[C@@H](CN)N(C)CCN1C. The van der Waals surface area contributed by atoms with Gasteiger partial charge in [0.25, 0.3) is 0 Å². The molecule has 66 valence electrons. The number of nitrogens with zero attached hydrogens (tertiary/aromatic N) is 2. The van der Waals surface area contributed by atoms with Crippen LogP contribution in [0, 0.1) is 0 Å². The minimum Gasteiger partial charge on any atom is -0.329 e. The third kappa shape index (κ3) is 1.72. The molecule has 3 nitrogen and oxygen atoms in total. The molecule has 0 aromatic rings. The Hall–Kier alpha value is -0.120. The van der Waals surface area contributed by atoms with Crippen LogP contribution < -0.4 is 5.73 Å². The molecule has 3 heteroatoms. The molecule has 1 rings (SSSR count). The summed E-state index contributed by atoms with van der Waals surface area (Å²) in [4.78, 5) is 4.72. The van der Waals surface area contributed by atoms with Crippen molar-refractivity contribution in [1.82, 2.24) is 9.80 Å². The lowest BCUT2D eigenvalue weighted by Crippen LogP contribution is -2.58. The van der Waals surface area contributed by atoms with Gasteiger partial charge in [0.2, 0.25) is 0 Å². The third-order valence-corrected chi connectivity index (χ3v) is 2.87. The van der Waals surface area contributed by atoms with Gasteiger partial charge < -0.3 is 10.6 Å². The van der Waals surface area contributed by atoms with Crippen LogP contribution in [0.25, 0.3) is 0 Å². The van der Waals surface area contributed by atoms with Gasteiger partial charge in [-0.25, -0.2) is 0 Å². The molecule has 0 saturated carbocycles. The molecule has 1 fully saturated rings. The van der Waals surface area contributed by atoms with E-state index in [2.05, 4.69) is 30.8 Å². The highest BCUT2D eigenvalue weighted by molar-refractivity contribution is 4.86. The summed E-state index contributed by atoms with van der Waals surface area (Å²) in [6.07, 6.45) is 0. The fourth-order valence-electron chi connectivity index (χ4n) is 1.72. The highest BCUT2D eigenvalue weighted by Crippen LogP contribution is 2.12. The molecule has 1 saturated heterocycles. The molecular formula is C8H19N3. The zero-order chi connectivity index (χ0) is 8.43. The van der Waals surface area contributed by atoms with Crippen molar-refractivity contribution >= 4 is 0 Å². The molecule has 0 aromatic heterocycles. The second-order valence-corrected chi connectivity index (χ2v) is 3.50. The van der Waals surface area contributed by atoms with E-state index >= 15 is 0 Å². The smallest absolute Gasteiger partial charge is 0.0368 e. The first-order chi connectivity index (χ1) is 5.16. The van der Waals surface area contributed by atoms with Crippen LogP contribution in [0.4, 0.5) is 0 Å². The first kappa shape index (κ1) is 8.97. The van der Waals surface area contributed by atoms with Gasteiger partial charge in [-0.3, -0.25) is 4.90 Å². The number of hydrogen-bond acceptors (Lipinski definition) is 3. The zero-order valence-electron chi connectivity index (χ0n) is 7.75. The van der Waals surface area contributed by atoms with Gasteiger partial charge in [0.1, 0.15) is 0 Å². The molecule has 1 aliphatic rings. The Morgan fingerprint density at radius 1 is 1.27 bits per heavy atom. The predicted molar refractivity (Wildman–Crippen MR) is 47.6 cm³/mol. The molecule has 0 spiro atoms. The van der Waals surface area contributed by atoms with Gasteiger partial charge >= 0.3 is 0 Å². The fourth-order valence-corrected chi connectivity index (χ4v) is 1.72. The van der Waals surface area contributed by atoms with E-state index in [1.807, 2.05) is 0 Å². The monoisotopic (exact) mass is 157 g/mol. The van der Waals surface area contributed by atoms with Crippen molar-refractivity contribution in [3.05, 3.63) is 0 Å². The summed E-state index contributed by atoms with van der Waals surface area (Å²) in [6, 6.07) is 1.13. The van der Waals surface area contributed by atoms with Crippen molar-refractivity contribution < 1.29 is 0 Å². The summed E-state index contributed by atoms with van der Waals surface area (Å²) in [5.74, 6) is 0. The average molecular weight is 157 g/mol. The maximum absolute atomic E-state index is 5.68. The van der Waals surface area contributed by atoms with Crippen molar-refractivity contribution in [3.63, 3.8) is 0 Å². The van der Waals surface area contributed by atoms with Crippen LogP contribution in [0.1, 0.15) is 6.92 Å². The minimum absolute atomic E-state index is 0.536. The fraction of sp³-hybridized carbons (Fsp3) is 1.00. The van der Waals surface area contributed by atoms with Crippen LogP contribution in [-0.4, -0.2) is 55.6 Å². The lowest BCUT2D eigenvalue weighted by atomic mass is 10.0. The molecule has 0 aromatic carbocycles. The first-order valence-corrected chi connectivity index (χ1v) is 4.27. The number of hydrogen-bond donors (Lipinski definition) is 1. The molecule has 1 aliphatic heterocycles. The largest absolute Gasteiger partial charge is 0.329 e. The van der Waals surface area contributed by atoms with E-state index < -0.39 is 0 Å². The molecular weight excluding hydrogens is 138 g/mol. The second-order valence-electron chi connectivity index (χ2n) is 3.50. The van der Waals surface area contributed by atoms with Crippen LogP contribution in [0.15, 0.2) is 0 Å².